The van der Waals surface area contributed by atoms with Gasteiger partial charge >= 0.3 is 0 Å². The highest BCUT2D eigenvalue weighted by Gasteiger charge is 2.30. The third kappa shape index (κ3) is 3.46. The minimum Gasteiger partial charge on any atom is -0.306 e. The van der Waals surface area contributed by atoms with Gasteiger partial charge in [0.15, 0.2) is 0 Å². The molecule has 1 aliphatic carbocycles. The Labute approximate surface area is 113 Å². The number of piperazine rings is 1. The lowest BCUT2D eigenvalue weighted by atomic mass is 9.89. The zero-order valence-corrected chi connectivity index (χ0v) is 12.7. The summed E-state index contributed by atoms with van der Waals surface area (Å²) in [5.74, 6) is 0. The molecule has 2 aliphatic rings. The molecule has 3 heteroatoms. The predicted octanol–water partition coefficient (Wildman–Crippen LogP) is 1.89. The van der Waals surface area contributed by atoms with Gasteiger partial charge < -0.3 is 4.90 Å². The Balaban J connectivity index is 1.82. The Bertz CT molecular complexity index is 244. The van der Waals surface area contributed by atoms with E-state index in [1.807, 2.05) is 0 Å². The van der Waals surface area contributed by atoms with E-state index in [0.29, 0.717) is 6.04 Å². The van der Waals surface area contributed by atoms with Crippen molar-refractivity contribution in [3.63, 3.8) is 0 Å². The molecular formula is C15H31N3. The largest absolute Gasteiger partial charge is 0.306 e. The van der Waals surface area contributed by atoms with E-state index in [0.717, 1.165) is 12.1 Å². The molecule has 18 heavy (non-hydrogen) atoms. The van der Waals surface area contributed by atoms with Crippen molar-refractivity contribution in [1.29, 1.82) is 0 Å². The summed E-state index contributed by atoms with van der Waals surface area (Å²) in [5, 5.41) is 0. The molecule has 2 fully saturated rings. The molecule has 2 atom stereocenters. The lowest BCUT2D eigenvalue weighted by Gasteiger charge is -2.44. The van der Waals surface area contributed by atoms with Crippen molar-refractivity contribution in [3.8, 4) is 0 Å². The summed E-state index contributed by atoms with van der Waals surface area (Å²) in [5.41, 5.74) is 0. The van der Waals surface area contributed by atoms with Crippen LogP contribution in [0.1, 0.15) is 39.5 Å². The standard InChI is InChI=1S/C15H31N3/c1-13(2)17-8-10-18(11-9-17)15-7-5-6-14(12-15)16(3)4/h13-15H,5-12H2,1-4H3/t14-,15+/m0/s1. The maximum Gasteiger partial charge on any atom is 0.0113 e. The molecule has 3 nitrogen and oxygen atoms in total. The normalized spacial score (nSPS) is 32.3. The van der Waals surface area contributed by atoms with Crippen LogP contribution in [-0.2, 0) is 0 Å². The van der Waals surface area contributed by atoms with E-state index in [1.165, 1.54) is 51.9 Å². The van der Waals surface area contributed by atoms with Gasteiger partial charge in [-0.25, -0.2) is 0 Å². The van der Waals surface area contributed by atoms with Gasteiger partial charge in [0, 0.05) is 44.3 Å². The van der Waals surface area contributed by atoms with Crippen molar-refractivity contribution in [1.82, 2.24) is 14.7 Å². The Kier molecular flexibility index (Phi) is 5.05. The van der Waals surface area contributed by atoms with E-state index in [2.05, 4.69) is 42.6 Å². The topological polar surface area (TPSA) is 9.72 Å². The molecule has 0 spiro atoms. The Hall–Kier alpha value is -0.120. The van der Waals surface area contributed by atoms with E-state index < -0.39 is 0 Å². The zero-order valence-electron chi connectivity index (χ0n) is 12.7. The molecule has 0 aromatic carbocycles. The second-order valence-corrected chi connectivity index (χ2v) is 6.60. The van der Waals surface area contributed by atoms with Crippen LogP contribution < -0.4 is 0 Å². The number of hydrogen-bond acceptors (Lipinski definition) is 3. The lowest BCUT2D eigenvalue weighted by molar-refractivity contribution is 0.0479. The van der Waals surface area contributed by atoms with Crippen LogP contribution in [0.15, 0.2) is 0 Å². The number of hydrogen-bond donors (Lipinski definition) is 0. The molecule has 1 saturated heterocycles. The van der Waals surface area contributed by atoms with Gasteiger partial charge in [-0.05, 0) is 47.2 Å². The van der Waals surface area contributed by atoms with Crippen molar-refractivity contribution < 1.29 is 0 Å². The number of rotatable bonds is 3. The lowest BCUT2D eigenvalue weighted by Crippen LogP contribution is -2.54. The third-order valence-electron chi connectivity index (χ3n) is 4.94. The highest BCUT2D eigenvalue weighted by Crippen LogP contribution is 2.26. The average Bonchev–Trinajstić information content (AvgIpc) is 2.39. The summed E-state index contributed by atoms with van der Waals surface area (Å²) in [6.45, 7) is 9.73. The van der Waals surface area contributed by atoms with E-state index in [4.69, 9.17) is 0 Å². The SMILES string of the molecule is CC(C)N1CCN([C@@H]2CCC[C@H](N(C)C)C2)CC1. The quantitative estimate of drug-likeness (QED) is 0.760. The van der Waals surface area contributed by atoms with Crippen molar-refractivity contribution in [2.24, 2.45) is 0 Å². The van der Waals surface area contributed by atoms with Crippen LogP contribution in [0.4, 0.5) is 0 Å². The molecule has 0 bridgehead atoms. The van der Waals surface area contributed by atoms with Crippen LogP contribution in [0.5, 0.6) is 0 Å². The van der Waals surface area contributed by atoms with Crippen molar-refractivity contribution in [2.75, 3.05) is 40.3 Å². The second-order valence-electron chi connectivity index (χ2n) is 6.60. The van der Waals surface area contributed by atoms with Crippen molar-refractivity contribution in [3.05, 3.63) is 0 Å². The van der Waals surface area contributed by atoms with Crippen LogP contribution in [0, 0.1) is 0 Å². The van der Waals surface area contributed by atoms with Crippen LogP contribution in [0.3, 0.4) is 0 Å². The zero-order chi connectivity index (χ0) is 13.1. The molecule has 1 saturated carbocycles. The van der Waals surface area contributed by atoms with Gasteiger partial charge in [-0.2, -0.15) is 0 Å². The Morgan fingerprint density at radius 1 is 1.00 bits per heavy atom. The monoisotopic (exact) mass is 253 g/mol. The second kappa shape index (κ2) is 6.36. The van der Waals surface area contributed by atoms with Crippen LogP contribution in [-0.4, -0.2) is 73.1 Å². The highest BCUT2D eigenvalue weighted by molar-refractivity contribution is 4.86. The van der Waals surface area contributed by atoms with Gasteiger partial charge in [0.05, 0.1) is 0 Å². The fraction of sp³-hybridized carbons (Fsp3) is 1.00. The third-order valence-corrected chi connectivity index (χ3v) is 4.94. The first-order valence-corrected chi connectivity index (χ1v) is 7.72. The van der Waals surface area contributed by atoms with Gasteiger partial charge in [-0.15, -0.1) is 0 Å². The van der Waals surface area contributed by atoms with Gasteiger partial charge in [-0.3, -0.25) is 9.80 Å². The molecule has 1 aliphatic heterocycles. The average molecular weight is 253 g/mol. The molecule has 106 valence electrons. The first-order valence-electron chi connectivity index (χ1n) is 7.72. The summed E-state index contributed by atoms with van der Waals surface area (Å²) in [4.78, 5) is 7.80. The maximum atomic E-state index is 2.76. The van der Waals surface area contributed by atoms with E-state index in [9.17, 15) is 0 Å². The van der Waals surface area contributed by atoms with Crippen LogP contribution in [0.2, 0.25) is 0 Å². The summed E-state index contributed by atoms with van der Waals surface area (Å²) < 4.78 is 0. The smallest absolute Gasteiger partial charge is 0.0113 e. The van der Waals surface area contributed by atoms with Crippen molar-refractivity contribution in [2.45, 2.75) is 57.7 Å². The summed E-state index contributed by atoms with van der Waals surface area (Å²) in [6, 6.07) is 2.38. The van der Waals surface area contributed by atoms with E-state index in [1.54, 1.807) is 0 Å². The predicted molar refractivity (Wildman–Crippen MR) is 78.0 cm³/mol. The molecule has 0 aromatic rings. The fourth-order valence-corrected chi connectivity index (χ4v) is 3.56. The molecule has 0 radical (unpaired) electrons. The first kappa shape index (κ1) is 14.3. The van der Waals surface area contributed by atoms with Crippen molar-refractivity contribution >= 4 is 0 Å². The van der Waals surface area contributed by atoms with E-state index >= 15 is 0 Å². The summed E-state index contributed by atoms with van der Waals surface area (Å²) in [7, 11) is 4.48. The van der Waals surface area contributed by atoms with Gasteiger partial charge in [-0.1, -0.05) is 6.42 Å². The Morgan fingerprint density at radius 2 is 1.67 bits per heavy atom. The van der Waals surface area contributed by atoms with Gasteiger partial charge in [0.25, 0.3) is 0 Å². The molecule has 0 N–H and O–H groups in total. The summed E-state index contributed by atoms with van der Waals surface area (Å²) in [6.07, 6.45) is 5.62. The molecule has 0 aromatic heterocycles. The van der Waals surface area contributed by atoms with Crippen LogP contribution in [0.25, 0.3) is 0 Å². The summed E-state index contributed by atoms with van der Waals surface area (Å²) >= 11 is 0. The minimum atomic E-state index is 0.716. The molecule has 2 rings (SSSR count). The molecule has 0 unspecified atom stereocenters. The first-order chi connectivity index (χ1) is 8.58. The Morgan fingerprint density at radius 3 is 2.22 bits per heavy atom. The fourth-order valence-electron chi connectivity index (χ4n) is 3.56. The van der Waals surface area contributed by atoms with E-state index in [-0.39, 0.29) is 0 Å². The van der Waals surface area contributed by atoms with Gasteiger partial charge in [0.2, 0.25) is 0 Å². The van der Waals surface area contributed by atoms with Crippen LogP contribution >= 0.6 is 0 Å². The van der Waals surface area contributed by atoms with Gasteiger partial charge in [0.1, 0.15) is 0 Å². The molecule has 1 heterocycles. The number of nitrogens with zero attached hydrogens (tertiary/aromatic N) is 3. The maximum absolute atomic E-state index is 2.76. The minimum absolute atomic E-state index is 0.716. The highest BCUT2D eigenvalue weighted by atomic mass is 15.3. The molecular weight excluding hydrogens is 222 g/mol. The molecule has 0 amide bonds.